The van der Waals surface area contributed by atoms with Gasteiger partial charge in [0.1, 0.15) is 5.82 Å². The van der Waals surface area contributed by atoms with Crippen molar-refractivity contribution in [3.63, 3.8) is 0 Å². The van der Waals surface area contributed by atoms with E-state index >= 15 is 0 Å². The highest BCUT2D eigenvalue weighted by Gasteiger charge is 2.19. The molecule has 25 heavy (non-hydrogen) atoms. The van der Waals surface area contributed by atoms with Gasteiger partial charge in [0.15, 0.2) is 0 Å². The van der Waals surface area contributed by atoms with Crippen LogP contribution in [-0.2, 0) is 29.0 Å². The summed E-state index contributed by atoms with van der Waals surface area (Å²) in [6.07, 6.45) is 7.15. The van der Waals surface area contributed by atoms with E-state index in [-0.39, 0.29) is 11.8 Å². The number of rotatable bonds is 2. The molecule has 0 saturated heterocycles. The Hall–Kier alpha value is -2.95. The minimum absolute atomic E-state index is 0.00356. The Labute approximate surface area is 146 Å². The van der Waals surface area contributed by atoms with Crippen molar-refractivity contribution in [1.29, 1.82) is 0 Å². The van der Waals surface area contributed by atoms with Crippen LogP contribution in [-0.4, -0.2) is 28.2 Å². The highest BCUT2D eigenvalue weighted by atomic mass is 16.2. The van der Waals surface area contributed by atoms with Gasteiger partial charge in [0.05, 0.1) is 0 Å². The van der Waals surface area contributed by atoms with E-state index in [0.717, 1.165) is 24.1 Å². The lowest BCUT2D eigenvalue weighted by Crippen LogP contribution is -2.34. The van der Waals surface area contributed by atoms with Crippen LogP contribution >= 0.6 is 0 Å². The molecule has 0 radical (unpaired) electrons. The molecule has 0 spiro atoms. The number of nitrogens with zero attached hydrogens (tertiary/aromatic N) is 2. The van der Waals surface area contributed by atoms with E-state index in [1.54, 1.807) is 18.3 Å². The highest BCUT2D eigenvalue weighted by Crippen LogP contribution is 2.22. The van der Waals surface area contributed by atoms with Crippen LogP contribution in [0.2, 0.25) is 0 Å². The number of pyridine rings is 1. The first-order valence-corrected chi connectivity index (χ1v) is 8.51. The van der Waals surface area contributed by atoms with Crippen molar-refractivity contribution in [2.24, 2.45) is 0 Å². The minimum Gasteiger partial charge on any atom is -0.334 e. The first-order valence-electron chi connectivity index (χ1n) is 8.51. The molecule has 0 atom stereocenters. The molecular weight excluding hydrogens is 314 g/mol. The second-order valence-electron chi connectivity index (χ2n) is 6.44. The summed E-state index contributed by atoms with van der Waals surface area (Å²) >= 11 is 0. The van der Waals surface area contributed by atoms with Gasteiger partial charge in [-0.3, -0.25) is 9.59 Å². The van der Waals surface area contributed by atoms with Crippen molar-refractivity contribution in [3.05, 3.63) is 64.9 Å². The molecule has 5 heteroatoms. The van der Waals surface area contributed by atoms with Crippen LogP contribution in [0.25, 0.3) is 6.08 Å². The summed E-state index contributed by atoms with van der Waals surface area (Å²) in [5, 5.41) is 2.76. The van der Waals surface area contributed by atoms with Crippen LogP contribution in [0.15, 0.2) is 42.6 Å². The number of nitrogens with one attached hydrogen (secondary N) is 1. The lowest BCUT2D eigenvalue weighted by Gasteiger charge is -2.27. The third kappa shape index (κ3) is 3.31. The summed E-state index contributed by atoms with van der Waals surface area (Å²) in [6, 6.07) is 10.3. The molecule has 2 aromatic rings. The molecule has 0 unspecified atom stereocenters. The summed E-state index contributed by atoms with van der Waals surface area (Å²) in [7, 11) is 0. The Morgan fingerprint density at radius 3 is 2.84 bits per heavy atom. The van der Waals surface area contributed by atoms with Gasteiger partial charge in [-0.15, -0.1) is 0 Å². The molecular formula is C20H19N3O2. The van der Waals surface area contributed by atoms with Gasteiger partial charge in [0.25, 0.3) is 0 Å². The fraction of sp³-hybridized carbons (Fsp3) is 0.250. The quantitative estimate of drug-likeness (QED) is 0.859. The Morgan fingerprint density at radius 1 is 1.12 bits per heavy atom. The van der Waals surface area contributed by atoms with Crippen molar-refractivity contribution < 1.29 is 9.59 Å². The van der Waals surface area contributed by atoms with Gasteiger partial charge in [-0.05, 0) is 47.2 Å². The first kappa shape index (κ1) is 15.6. The lowest BCUT2D eigenvalue weighted by molar-refractivity contribution is -0.126. The molecule has 2 amide bonds. The third-order valence-electron chi connectivity index (χ3n) is 4.73. The zero-order valence-corrected chi connectivity index (χ0v) is 13.9. The van der Waals surface area contributed by atoms with Crippen LogP contribution in [0.4, 0.5) is 5.82 Å². The first-order chi connectivity index (χ1) is 12.2. The molecule has 5 nitrogen and oxygen atoms in total. The number of hydrogen-bond donors (Lipinski definition) is 1. The number of amides is 2. The second kappa shape index (κ2) is 6.51. The highest BCUT2D eigenvalue weighted by molar-refractivity contribution is 5.93. The normalized spacial score (nSPS) is 16.3. The van der Waals surface area contributed by atoms with E-state index in [2.05, 4.69) is 22.4 Å². The molecule has 4 rings (SSSR count). The minimum atomic E-state index is 0.00356. The Morgan fingerprint density at radius 2 is 1.96 bits per heavy atom. The van der Waals surface area contributed by atoms with Crippen molar-refractivity contribution in [3.8, 4) is 0 Å². The zero-order valence-electron chi connectivity index (χ0n) is 13.9. The summed E-state index contributed by atoms with van der Waals surface area (Å²) in [4.78, 5) is 30.0. The molecule has 126 valence electrons. The van der Waals surface area contributed by atoms with Gasteiger partial charge in [-0.25, -0.2) is 4.98 Å². The maximum Gasteiger partial charge on any atom is 0.246 e. The molecule has 1 N–H and O–H groups in total. The van der Waals surface area contributed by atoms with Crippen molar-refractivity contribution in [1.82, 2.24) is 9.88 Å². The van der Waals surface area contributed by atoms with Gasteiger partial charge in [-0.1, -0.05) is 24.3 Å². The van der Waals surface area contributed by atoms with E-state index in [4.69, 9.17) is 0 Å². The predicted molar refractivity (Wildman–Crippen MR) is 95.8 cm³/mol. The van der Waals surface area contributed by atoms with Crippen molar-refractivity contribution >= 4 is 23.7 Å². The Kier molecular flexibility index (Phi) is 4.06. The molecule has 0 bridgehead atoms. The van der Waals surface area contributed by atoms with Crippen LogP contribution in [0.1, 0.15) is 28.7 Å². The zero-order chi connectivity index (χ0) is 17.2. The molecule has 0 aliphatic carbocycles. The number of aryl methyl sites for hydroxylation is 1. The van der Waals surface area contributed by atoms with E-state index in [0.29, 0.717) is 25.2 Å². The smallest absolute Gasteiger partial charge is 0.246 e. The molecule has 2 aliphatic rings. The van der Waals surface area contributed by atoms with E-state index < -0.39 is 0 Å². The standard InChI is InChI=1S/C20H19N3O2/c24-18-7-6-16-11-14(12-21-20(16)22-18)5-8-19(25)23-10-9-15-3-1-2-4-17(15)13-23/h1-5,8,11-12H,6-7,9-10,13H2,(H,21,22,24)/b8-5+. The van der Waals surface area contributed by atoms with Crippen molar-refractivity contribution in [2.75, 3.05) is 11.9 Å². The second-order valence-corrected chi connectivity index (χ2v) is 6.44. The van der Waals surface area contributed by atoms with Crippen LogP contribution in [0, 0.1) is 0 Å². The molecule has 0 fully saturated rings. The molecule has 3 heterocycles. The Bertz CT molecular complexity index is 873. The molecule has 1 aromatic carbocycles. The largest absolute Gasteiger partial charge is 0.334 e. The summed E-state index contributed by atoms with van der Waals surface area (Å²) < 4.78 is 0. The maximum atomic E-state index is 12.5. The average Bonchev–Trinajstić information content (AvgIpc) is 2.65. The number of carbonyl (C=O) groups excluding carboxylic acids is 2. The van der Waals surface area contributed by atoms with Gasteiger partial charge >= 0.3 is 0 Å². The predicted octanol–water partition coefficient (Wildman–Crippen LogP) is 2.56. The van der Waals surface area contributed by atoms with Gasteiger partial charge in [0.2, 0.25) is 11.8 Å². The summed E-state index contributed by atoms with van der Waals surface area (Å²) in [5.74, 6) is 0.650. The van der Waals surface area contributed by atoms with E-state index in [1.807, 2.05) is 23.1 Å². The van der Waals surface area contributed by atoms with Crippen molar-refractivity contribution in [2.45, 2.75) is 25.8 Å². The number of hydrogen-bond acceptors (Lipinski definition) is 3. The van der Waals surface area contributed by atoms with Gasteiger partial charge in [0, 0.05) is 31.8 Å². The van der Waals surface area contributed by atoms with E-state index in [1.165, 1.54) is 11.1 Å². The Balaban J connectivity index is 1.45. The van der Waals surface area contributed by atoms with Crippen LogP contribution < -0.4 is 5.32 Å². The maximum absolute atomic E-state index is 12.5. The summed E-state index contributed by atoms with van der Waals surface area (Å²) in [5.41, 5.74) is 4.44. The molecule has 0 saturated carbocycles. The third-order valence-corrected chi connectivity index (χ3v) is 4.73. The number of anilines is 1. The average molecular weight is 333 g/mol. The fourth-order valence-electron chi connectivity index (χ4n) is 3.32. The number of benzene rings is 1. The number of aromatic nitrogens is 1. The molecule has 1 aromatic heterocycles. The number of fused-ring (bicyclic) bond motifs is 2. The number of carbonyl (C=O) groups is 2. The summed E-state index contributed by atoms with van der Waals surface area (Å²) in [6.45, 7) is 1.41. The van der Waals surface area contributed by atoms with Crippen LogP contribution in [0.3, 0.4) is 0 Å². The van der Waals surface area contributed by atoms with Gasteiger partial charge in [-0.2, -0.15) is 0 Å². The SMILES string of the molecule is O=C1CCc2cc(/C=C/C(=O)N3CCc4ccccc4C3)cnc2N1. The van der Waals surface area contributed by atoms with Gasteiger partial charge < -0.3 is 10.2 Å². The molecule has 2 aliphatic heterocycles. The topological polar surface area (TPSA) is 62.3 Å². The van der Waals surface area contributed by atoms with E-state index in [9.17, 15) is 9.59 Å². The fourth-order valence-corrected chi connectivity index (χ4v) is 3.32. The monoisotopic (exact) mass is 333 g/mol. The van der Waals surface area contributed by atoms with Crippen LogP contribution in [0.5, 0.6) is 0 Å². The lowest BCUT2D eigenvalue weighted by atomic mass is 10.00.